The molecule has 3 atom stereocenters. The Labute approximate surface area is 124 Å². The highest BCUT2D eigenvalue weighted by atomic mass is 32.2. The third-order valence-electron chi connectivity index (χ3n) is 5.37. The van der Waals surface area contributed by atoms with Crippen molar-refractivity contribution in [3.8, 4) is 0 Å². The van der Waals surface area contributed by atoms with Crippen LogP contribution in [0.25, 0.3) is 0 Å². The highest BCUT2D eigenvalue weighted by Gasteiger charge is 2.31. The van der Waals surface area contributed by atoms with Crippen molar-refractivity contribution in [1.82, 2.24) is 9.62 Å². The predicted molar refractivity (Wildman–Crippen MR) is 83.2 cm³/mol. The first-order valence-electron chi connectivity index (χ1n) is 8.18. The number of sulfonamides is 1. The molecule has 20 heavy (non-hydrogen) atoms. The molecule has 1 aliphatic heterocycles. The minimum absolute atomic E-state index is 0.224. The van der Waals surface area contributed by atoms with Crippen molar-refractivity contribution in [1.29, 1.82) is 0 Å². The van der Waals surface area contributed by atoms with Crippen LogP contribution in [0.3, 0.4) is 0 Å². The number of nitrogens with one attached hydrogen (secondary N) is 1. The topological polar surface area (TPSA) is 49.4 Å². The van der Waals surface area contributed by atoms with Gasteiger partial charge in [-0.05, 0) is 38.0 Å². The molecule has 5 heteroatoms. The molecule has 3 unspecified atom stereocenters. The summed E-state index contributed by atoms with van der Waals surface area (Å²) in [4.78, 5) is 0. The Morgan fingerprint density at radius 3 is 2.35 bits per heavy atom. The molecule has 2 fully saturated rings. The Hall–Kier alpha value is -0.130. The van der Waals surface area contributed by atoms with Crippen LogP contribution in [0.4, 0.5) is 0 Å². The molecule has 0 aromatic rings. The van der Waals surface area contributed by atoms with Crippen LogP contribution in [0.1, 0.15) is 52.9 Å². The molecule has 4 nitrogen and oxygen atoms in total. The van der Waals surface area contributed by atoms with E-state index in [0.29, 0.717) is 25.2 Å². The maximum absolute atomic E-state index is 11.9. The number of rotatable bonds is 4. The van der Waals surface area contributed by atoms with Crippen molar-refractivity contribution in [2.45, 2.75) is 65.0 Å². The molecule has 0 amide bonds. The SMILES string of the molecule is CCS(=O)(=O)N1CCC(NC2CCCC(C)C2C)CC1. The van der Waals surface area contributed by atoms with Gasteiger partial charge in [0.2, 0.25) is 10.0 Å². The van der Waals surface area contributed by atoms with Crippen LogP contribution in [0.5, 0.6) is 0 Å². The number of piperidine rings is 1. The monoisotopic (exact) mass is 302 g/mol. The zero-order chi connectivity index (χ0) is 14.8. The molecule has 0 aromatic carbocycles. The third-order valence-corrected chi connectivity index (χ3v) is 7.25. The van der Waals surface area contributed by atoms with E-state index in [0.717, 1.165) is 24.7 Å². The minimum atomic E-state index is -2.99. The van der Waals surface area contributed by atoms with Gasteiger partial charge in [0.05, 0.1) is 5.75 Å². The fraction of sp³-hybridized carbons (Fsp3) is 1.00. The summed E-state index contributed by atoms with van der Waals surface area (Å²) < 4.78 is 25.4. The highest BCUT2D eigenvalue weighted by molar-refractivity contribution is 7.89. The average Bonchev–Trinajstić information content (AvgIpc) is 2.44. The van der Waals surface area contributed by atoms with E-state index < -0.39 is 10.0 Å². The van der Waals surface area contributed by atoms with E-state index >= 15 is 0 Å². The second-order valence-electron chi connectivity index (χ2n) is 6.61. The summed E-state index contributed by atoms with van der Waals surface area (Å²) in [5.74, 6) is 1.77. The quantitative estimate of drug-likeness (QED) is 0.866. The number of hydrogen-bond acceptors (Lipinski definition) is 3. The lowest BCUT2D eigenvalue weighted by Gasteiger charge is -2.39. The van der Waals surface area contributed by atoms with Crippen molar-refractivity contribution in [2.24, 2.45) is 11.8 Å². The van der Waals surface area contributed by atoms with Crippen molar-refractivity contribution in [3.05, 3.63) is 0 Å². The van der Waals surface area contributed by atoms with Gasteiger partial charge in [-0.15, -0.1) is 0 Å². The first-order chi connectivity index (χ1) is 9.44. The van der Waals surface area contributed by atoms with Gasteiger partial charge in [-0.3, -0.25) is 0 Å². The van der Waals surface area contributed by atoms with Crippen LogP contribution < -0.4 is 5.32 Å². The fourth-order valence-electron chi connectivity index (χ4n) is 3.60. The van der Waals surface area contributed by atoms with Gasteiger partial charge in [-0.1, -0.05) is 26.7 Å². The molecular weight excluding hydrogens is 272 g/mol. The number of nitrogens with zero attached hydrogens (tertiary/aromatic N) is 1. The molecular formula is C15H30N2O2S. The van der Waals surface area contributed by atoms with Crippen molar-refractivity contribution >= 4 is 10.0 Å². The second kappa shape index (κ2) is 6.75. The van der Waals surface area contributed by atoms with E-state index in [2.05, 4.69) is 19.2 Å². The zero-order valence-corrected chi connectivity index (χ0v) is 14.0. The Morgan fingerprint density at radius 1 is 1.10 bits per heavy atom. The van der Waals surface area contributed by atoms with Crippen LogP contribution in [-0.4, -0.2) is 43.6 Å². The Bertz CT molecular complexity index is 402. The molecule has 118 valence electrons. The van der Waals surface area contributed by atoms with Crippen LogP contribution >= 0.6 is 0 Å². The summed E-state index contributed by atoms with van der Waals surface area (Å²) in [6, 6.07) is 1.12. The van der Waals surface area contributed by atoms with Crippen LogP contribution in [-0.2, 0) is 10.0 Å². The van der Waals surface area contributed by atoms with Gasteiger partial charge in [-0.25, -0.2) is 12.7 Å². The molecule has 1 saturated carbocycles. The van der Waals surface area contributed by atoms with E-state index in [1.54, 1.807) is 11.2 Å². The van der Waals surface area contributed by atoms with Gasteiger partial charge >= 0.3 is 0 Å². The zero-order valence-electron chi connectivity index (χ0n) is 13.1. The summed E-state index contributed by atoms with van der Waals surface area (Å²) in [5.41, 5.74) is 0. The molecule has 2 aliphatic rings. The Morgan fingerprint density at radius 2 is 1.75 bits per heavy atom. The highest BCUT2D eigenvalue weighted by Crippen LogP contribution is 2.30. The molecule has 0 aromatic heterocycles. The van der Waals surface area contributed by atoms with Gasteiger partial charge in [0.1, 0.15) is 0 Å². The minimum Gasteiger partial charge on any atom is -0.311 e. The normalized spacial score (nSPS) is 34.2. The fourth-order valence-corrected chi connectivity index (χ4v) is 4.74. The molecule has 0 radical (unpaired) electrons. The third kappa shape index (κ3) is 3.74. The van der Waals surface area contributed by atoms with E-state index in [9.17, 15) is 8.42 Å². The first-order valence-corrected chi connectivity index (χ1v) is 9.79. The van der Waals surface area contributed by atoms with Crippen LogP contribution in [0.2, 0.25) is 0 Å². The number of hydrogen-bond donors (Lipinski definition) is 1. The lowest BCUT2D eigenvalue weighted by Crippen LogP contribution is -2.51. The van der Waals surface area contributed by atoms with Crippen molar-refractivity contribution in [3.63, 3.8) is 0 Å². The Kier molecular flexibility index (Phi) is 5.49. The van der Waals surface area contributed by atoms with Gasteiger partial charge in [0.15, 0.2) is 0 Å². The standard InChI is InChI=1S/C15H30N2O2S/c1-4-20(18,19)17-10-8-14(9-11-17)16-15-7-5-6-12(2)13(15)3/h12-16H,4-11H2,1-3H3. The predicted octanol–water partition coefficient (Wildman–Crippen LogP) is 2.21. The van der Waals surface area contributed by atoms with Crippen LogP contribution in [0.15, 0.2) is 0 Å². The van der Waals surface area contributed by atoms with E-state index in [4.69, 9.17) is 0 Å². The summed E-state index contributed by atoms with van der Waals surface area (Å²) in [6.45, 7) is 7.81. The molecule has 0 spiro atoms. The molecule has 1 saturated heterocycles. The first kappa shape index (κ1) is 16.2. The second-order valence-corrected chi connectivity index (χ2v) is 8.87. The van der Waals surface area contributed by atoms with Crippen molar-refractivity contribution < 1.29 is 8.42 Å². The lowest BCUT2D eigenvalue weighted by molar-refractivity contribution is 0.174. The smallest absolute Gasteiger partial charge is 0.213 e. The van der Waals surface area contributed by atoms with Gasteiger partial charge < -0.3 is 5.32 Å². The lowest BCUT2D eigenvalue weighted by atomic mass is 9.77. The van der Waals surface area contributed by atoms with Gasteiger partial charge in [0.25, 0.3) is 0 Å². The Balaban J connectivity index is 1.83. The molecule has 1 aliphatic carbocycles. The van der Waals surface area contributed by atoms with E-state index in [1.165, 1.54) is 19.3 Å². The molecule has 0 bridgehead atoms. The average molecular weight is 302 g/mol. The van der Waals surface area contributed by atoms with Gasteiger partial charge in [-0.2, -0.15) is 0 Å². The summed E-state index contributed by atoms with van der Waals surface area (Å²) >= 11 is 0. The van der Waals surface area contributed by atoms with Crippen molar-refractivity contribution in [2.75, 3.05) is 18.8 Å². The van der Waals surface area contributed by atoms with E-state index in [1.807, 2.05) is 0 Å². The molecule has 1 heterocycles. The summed E-state index contributed by atoms with van der Waals surface area (Å²) in [5, 5.41) is 3.81. The van der Waals surface area contributed by atoms with E-state index in [-0.39, 0.29) is 5.75 Å². The molecule has 2 rings (SSSR count). The molecule has 1 N–H and O–H groups in total. The summed E-state index contributed by atoms with van der Waals surface area (Å²) in [7, 11) is -2.99. The maximum Gasteiger partial charge on any atom is 0.213 e. The van der Waals surface area contributed by atoms with Crippen LogP contribution in [0, 0.1) is 11.8 Å². The summed E-state index contributed by atoms with van der Waals surface area (Å²) in [6.07, 6.45) is 5.87. The maximum atomic E-state index is 11.9. The largest absolute Gasteiger partial charge is 0.311 e. The van der Waals surface area contributed by atoms with Gasteiger partial charge in [0, 0.05) is 25.2 Å².